The lowest BCUT2D eigenvalue weighted by Gasteiger charge is -2.19. The molecule has 9 heteroatoms. The van der Waals surface area contributed by atoms with Gasteiger partial charge in [-0.05, 0) is 24.6 Å². The van der Waals surface area contributed by atoms with Gasteiger partial charge >= 0.3 is 0 Å². The number of carbonyl (C=O) groups excluding carboxylic acids is 1. The highest BCUT2D eigenvalue weighted by Gasteiger charge is 2.22. The average Bonchev–Trinajstić information content (AvgIpc) is 3.39. The Morgan fingerprint density at radius 3 is 2.66 bits per heavy atom. The highest BCUT2D eigenvalue weighted by atomic mass is 19.2. The molecule has 5 rings (SSSR count). The van der Waals surface area contributed by atoms with Gasteiger partial charge in [0.05, 0.1) is 5.52 Å². The summed E-state index contributed by atoms with van der Waals surface area (Å²) in [4.78, 5) is 25.6. The van der Waals surface area contributed by atoms with Crippen LogP contribution in [0.4, 0.5) is 13.2 Å². The van der Waals surface area contributed by atoms with E-state index in [1.54, 1.807) is 29.3 Å². The van der Waals surface area contributed by atoms with Crippen LogP contribution in [0.15, 0.2) is 48.7 Å². The first-order valence-corrected chi connectivity index (χ1v) is 10.0. The summed E-state index contributed by atoms with van der Waals surface area (Å²) >= 11 is 0. The number of H-pyrrole nitrogens is 1. The maximum Gasteiger partial charge on any atom is 0.222 e. The molecule has 0 saturated carbocycles. The number of hydrogen-bond acceptors (Lipinski definition) is 4. The molecule has 0 aliphatic carbocycles. The lowest BCUT2D eigenvalue weighted by molar-refractivity contribution is -0.128. The maximum atomic E-state index is 13.7. The molecule has 2 aromatic heterocycles. The van der Waals surface area contributed by atoms with Crippen LogP contribution in [0.5, 0.6) is 11.5 Å². The second kappa shape index (κ2) is 7.99. The Labute approximate surface area is 182 Å². The number of hydrogen-bond donors (Lipinski definition) is 1. The van der Waals surface area contributed by atoms with E-state index in [-0.39, 0.29) is 25.4 Å². The number of likely N-dealkylation sites (tertiary alicyclic amines) is 1. The van der Waals surface area contributed by atoms with Crippen LogP contribution >= 0.6 is 0 Å². The van der Waals surface area contributed by atoms with Crippen molar-refractivity contribution in [1.82, 2.24) is 19.9 Å². The number of rotatable bonds is 5. The van der Waals surface area contributed by atoms with Crippen molar-refractivity contribution in [3.8, 4) is 22.9 Å². The molecule has 32 heavy (non-hydrogen) atoms. The summed E-state index contributed by atoms with van der Waals surface area (Å²) in [5.74, 6) is -3.62. The van der Waals surface area contributed by atoms with E-state index in [1.807, 2.05) is 12.1 Å². The van der Waals surface area contributed by atoms with E-state index in [0.29, 0.717) is 35.6 Å². The molecule has 0 atom stereocenters. The Morgan fingerprint density at radius 2 is 1.94 bits per heavy atom. The molecule has 1 amide bonds. The van der Waals surface area contributed by atoms with Crippen molar-refractivity contribution >= 4 is 17.1 Å². The predicted molar refractivity (Wildman–Crippen MR) is 112 cm³/mol. The highest BCUT2D eigenvalue weighted by molar-refractivity contribution is 5.78. The number of fused-ring (bicyclic) bond motifs is 1. The average molecular weight is 440 g/mol. The molecular formula is C23H19F3N4O2. The number of halogens is 3. The first kappa shape index (κ1) is 20.0. The van der Waals surface area contributed by atoms with Gasteiger partial charge in [0, 0.05) is 50.4 Å². The third-order valence-corrected chi connectivity index (χ3v) is 5.32. The Hall–Kier alpha value is -3.88. The van der Waals surface area contributed by atoms with Crippen molar-refractivity contribution in [1.29, 1.82) is 0 Å². The third kappa shape index (κ3) is 3.77. The van der Waals surface area contributed by atoms with Crippen molar-refractivity contribution in [2.45, 2.75) is 19.4 Å². The van der Waals surface area contributed by atoms with E-state index in [0.717, 1.165) is 24.1 Å². The summed E-state index contributed by atoms with van der Waals surface area (Å²) < 4.78 is 46.6. The zero-order valence-electron chi connectivity index (χ0n) is 16.7. The van der Waals surface area contributed by atoms with Gasteiger partial charge in [-0.25, -0.2) is 23.1 Å². The molecule has 1 aliphatic rings. The normalized spacial score (nSPS) is 13.8. The monoisotopic (exact) mass is 440 g/mol. The number of imidazole rings is 1. The molecule has 3 heterocycles. The molecule has 0 radical (unpaired) electrons. The van der Waals surface area contributed by atoms with Gasteiger partial charge in [-0.1, -0.05) is 12.1 Å². The third-order valence-electron chi connectivity index (χ3n) is 5.32. The summed E-state index contributed by atoms with van der Waals surface area (Å²) in [6.07, 6.45) is 2.89. The molecule has 6 nitrogen and oxygen atoms in total. The van der Waals surface area contributed by atoms with Crippen LogP contribution < -0.4 is 4.74 Å². The number of aromatic amines is 1. The van der Waals surface area contributed by atoms with Crippen LogP contribution in [0.3, 0.4) is 0 Å². The summed E-state index contributed by atoms with van der Waals surface area (Å²) in [6, 6.07) is 10.4. The molecule has 0 unspecified atom stereocenters. The molecule has 1 saturated heterocycles. The molecule has 164 valence electrons. The predicted octanol–water partition coefficient (Wildman–Crippen LogP) is 5.20. The molecular weight excluding hydrogens is 421 g/mol. The number of carbonyl (C=O) groups is 1. The van der Waals surface area contributed by atoms with Crippen LogP contribution in [-0.2, 0) is 11.3 Å². The van der Waals surface area contributed by atoms with Gasteiger partial charge in [0.2, 0.25) is 5.91 Å². The Morgan fingerprint density at radius 1 is 1.12 bits per heavy atom. The Bertz CT molecular complexity index is 1290. The molecule has 1 fully saturated rings. The minimum Gasteiger partial charge on any atom is -0.457 e. The van der Waals surface area contributed by atoms with Crippen LogP contribution in [0.25, 0.3) is 22.6 Å². The first-order valence-electron chi connectivity index (χ1n) is 10.0. The van der Waals surface area contributed by atoms with Gasteiger partial charge < -0.3 is 14.6 Å². The van der Waals surface area contributed by atoms with Crippen molar-refractivity contribution in [2.75, 3.05) is 6.54 Å². The maximum absolute atomic E-state index is 13.7. The van der Waals surface area contributed by atoms with Crippen molar-refractivity contribution in [3.63, 3.8) is 0 Å². The van der Waals surface area contributed by atoms with Gasteiger partial charge in [0.25, 0.3) is 0 Å². The van der Waals surface area contributed by atoms with Gasteiger partial charge in [0.1, 0.15) is 17.3 Å². The molecule has 4 aromatic rings. The fraction of sp³-hybridized carbons (Fsp3) is 0.174. The van der Waals surface area contributed by atoms with E-state index in [9.17, 15) is 18.0 Å². The van der Waals surface area contributed by atoms with Crippen LogP contribution in [0.2, 0.25) is 0 Å². The van der Waals surface area contributed by atoms with E-state index >= 15 is 0 Å². The number of nitrogens with zero attached hydrogens (tertiary/aromatic N) is 3. The first-order chi connectivity index (χ1) is 15.5. The molecule has 1 N–H and O–H groups in total. The fourth-order valence-corrected chi connectivity index (χ4v) is 3.70. The van der Waals surface area contributed by atoms with Crippen LogP contribution in [0.1, 0.15) is 19.8 Å². The Balaban J connectivity index is 0.00000259. The standard InChI is InChI=1S/C23H17F3N4O2.H2/c24-16-10-15(11-17(25)21(16)26)32-19-9-13(22-28-18-3-1-7-27-23(18)29-22)5-6-14(19)12-30-8-2-4-20(30)31;/h1,3,5-7,9-11H,2,4,8,12H2,(H,27,28,29);1H. The number of ether oxygens (including phenoxy) is 1. The highest BCUT2D eigenvalue weighted by Crippen LogP contribution is 2.33. The van der Waals surface area contributed by atoms with Crippen LogP contribution in [-0.4, -0.2) is 32.3 Å². The lowest BCUT2D eigenvalue weighted by Crippen LogP contribution is -2.24. The zero-order chi connectivity index (χ0) is 22.2. The topological polar surface area (TPSA) is 71.1 Å². The number of nitrogens with one attached hydrogen (secondary N) is 1. The minimum atomic E-state index is -1.57. The number of benzene rings is 2. The molecule has 0 spiro atoms. The van der Waals surface area contributed by atoms with Gasteiger partial charge in [-0.15, -0.1) is 0 Å². The summed E-state index contributed by atoms with van der Waals surface area (Å²) in [7, 11) is 0. The van der Waals surface area contributed by atoms with Gasteiger partial charge in [-0.3, -0.25) is 4.79 Å². The lowest BCUT2D eigenvalue weighted by atomic mass is 10.1. The smallest absolute Gasteiger partial charge is 0.222 e. The molecule has 2 aromatic carbocycles. The fourth-order valence-electron chi connectivity index (χ4n) is 3.70. The van der Waals surface area contributed by atoms with Gasteiger partial charge in [0.15, 0.2) is 23.1 Å². The number of pyridine rings is 1. The van der Waals surface area contributed by atoms with Crippen molar-refractivity contribution in [2.24, 2.45) is 0 Å². The minimum absolute atomic E-state index is 0. The number of aromatic nitrogens is 3. The largest absolute Gasteiger partial charge is 0.457 e. The Kier molecular flexibility index (Phi) is 5.01. The van der Waals surface area contributed by atoms with E-state index in [4.69, 9.17) is 4.74 Å². The molecule has 0 bridgehead atoms. The molecule has 1 aliphatic heterocycles. The summed E-state index contributed by atoms with van der Waals surface area (Å²) in [6.45, 7) is 0.900. The van der Waals surface area contributed by atoms with E-state index < -0.39 is 17.5 Å². The summed E-state index contributed by atoms with van der Waals surface area (Å²) in [5.41, 5.74) is 2.58. The van der Waals surface area contributed by atoms with Crippen molar-refractivity contribution < 1.29 is 24.1 Å². The van der Waals surface area contributed by atoms with Crippen LogP contribution in [0, 0.1) is 17.5 Å². The number of amides is 1. The summed E-state index contributed by atoms with van der Waals surface area (Å²) in [5, 5.41) is 0. The zero-order valence-corrected chi connectivity index (χ0v) is 16.7. The van der Waals surface area contributed by atoms with E-state index in [2.05, 4.69) is 15.0 Å². The second-order valence-corrected chi connectivity index (χ2v) is 7.50. The van der Waals surface area contributed by atoms with E-state index in [1.165, 1.54) is 0 Å². The quantitative estimate of drug-likeness (QED) is 0.433. The van der Waals surface area contributed by atoms with Gasteiger partial charge in [-0.2, -0.15) is 0 Å². The SMILES string of the molecule is O=C1CCCN1Cc1ccc(-c2nc3ncccc3[nH]2)cc1Oc1cc(F)c(F)c(F)c1.[HH]. The second-order valence-electron chi connectivity index (χ2n) is 7.50. The van der Waals surface area contributed by atoms with Crippen molar-refractivity contribution in [3.05, 3.63) is 71.7 Å².